The maximum Gasteiger partial charge on any atom is 0.287 e. The van der Waals surface area contributed by atoms with Crippen molar-refractivity contribution in [1.82, 2.24) is 10.2 Å². The lowest BCUT2D eigenvalue weighted by molar-refractivity contribution is -0.136. The molecule has 1 aromatic heterocycles. The van der Waals surface area contributed by atoms with Gasteiger partial charge in [0.05, 0.1) is 13.2 Å². The Balaban J connectivity index is 1.91. The highest BCUT2D eigenvalue weighted by atomic mass is 35.5. The summed E-state index contributed by atoms with van der Waals surface area (Å²) in [5.41, 5.74) is 0. The Bertz CT molecular complexity index is 468. The van der Waals surface area contributed by atoms with E-state index in [-0.39, 0.29) is 16.9 Å². The fourth-order valence-electron chi connectivity index (χ4n) is 1.82. The summed E-state index contributed by atoms with van der Waals surface area (Å²) in [6, 6.07) is 2.32. The third kappa shape index (κ3) is 3.48. The number of furan rings is 1. The monoisotopic (exact) mass is 286 g/mol. The van der Waals surface area contributed by atoms with E-state index >= 15 is 0 Å². The SMILES string of the molecule is CC(NC(=O)c1ccc(Cl)o1)C(=O)N1CCOCC1. The molecule has 104 valence electrons. The van der Waals surface area contributed by atoms with Gasteiger partial charge in [0.1, 0.15) is 6.04 Å². The number of morpholine rings is 1. The van der Waals surface area contributed by atoms with Crippen LogP contribution in [-0.4, -0.2) is 49.1 Å². The topological polar surface area (TPSA) is 71.8 Å². The summed E-state index contributed by atoms with van der Waals surface area (Å²) in [7, 11) is 0. The fraction of sp³-hybridized carbons (Fsp3) is 0.500. The molecule has 2 rings (SSSR count). The number of halogens is 1. The van der Waals surface area contributed by atoms with Gasteiger partial charge >= 0.3 is 0 Å². The van der Waals surface area contributed by atoms with Crippen LogP contribution in [0.5, 0.6) is 0 Å². The molecule has 0 bridgehead atoms. The molecule has 1 aliphatic heterocycles. The first kappa shape index (κ1) is 13.9. The zero-order valence-electron chi connectivity index (χ0n) is 10.5. The standard InChI is InChI=1S/C12H15ClN2O4/c1-8(12(17)15-4-6-18-7-5-15)14-11(16)9-2-3-10(13)19-9/h2-3,8H,4-7H2,1H3,(H,14,16). The number of nitrogens with one attached hydrogen (secondary N) is 1. The zero-order valence-corrected chi connectivity index (χ0v) is 11.3. The molecular weight excluding hydrogens is 272 g/mol. The molecule has 0 aliphatic carbocycles. The van der Waals surface area contributed by atoms with Gasteiger partial charge in [0, 0.05) is 13.1 Å². The Labute approximate surface area is 115 Å². The second-order valence-electron chi connectivity index (χ2n) is 4.24. The van der Waals surface area contributed by atoms with E-state index in [9.17, 15) is 9.59 Å². The molecule has 0 aromatic carbocycles. The number of hydrogen-bond donors (Lipinski definition) is 1. The van der Waals surface area contributed by atoms with E-state index in [0.29, 0.717) is 26.3 Å². The van der Waals surface area contributed by atoms with Crippen molar-refractivity contribution in [1.29, 1.82) is 0 Å². The normalized spacial score (nSPS) is 17.1. The highest BCUT2D eigenvalue weighted by molar-refractivity contribution is 6.29. The lowest BCUT2D eigenvalue weighted by atomic mass is 10.2. The molecule has 2 amide bonds. The van der Waals surface area contributed by atoms with E-state index in [1.165, 1.54) is 12.1 Å². The summed E-state index contributed by atoms with van der Waals surface area (Å²) in [5.74, 6) is -0.498. The van der Waals surface area contributed by atoms with Gasteiger partial charge in [0.15, 0.2) is 11.0 Å². The molecule has 1 atom stereocenters. The smallest absolute Gasteiger partial charge is 0.287 e. The van der Waals surface area contributed by atoms with Gasteiger partial charge in [0.2, 0.25) is 5.91 Å². The highest BCUT2D eigenvalue weighted by Crippen LogP contribution is 2.13. The molecule has 1 unspecified atom stereocenters. The van der Waals surface area contributed by atoms with Crippen LogP contribution in [0, 0.1) is 0 Å². The largest absolute Gasteiger partial charge is 0.440 e. The van der Waals surface area contributed by atoms with Crippen molar-refractivity contribution in [2.75, 3.05) is 26.3 Å². The van der Waals surface area contributed by atoms with Crippen LogP contribution in [0.15, 0.2) is 16.5 Å². The quantitative estimate of drug-likeness (QED) is 0.896. The minimum absolute atomic E-state index is 0.0895. The molecule has 0 saturated carbocycles. The Morgan fingerprint density at radius 2 is 2.05 bits per heavy atom. The first-order chi connectivity index (χ1) is 9.08. The number of rotatable bonds is 3. The molecular formula is C12H15ClN2O4. The highest BCUT2D eigenvalue weighted by Gasteiger charge is 2.24. The van der Waals surface area contributed by atoms with Crippen molar-refractivity contribution in [3.05, 3.63) is 23.1 Å². The van der Waals surface area contributed by atoms with Gasteiger partial charge in [-0.05, 0) is 30.7 Å². The molecule has 1 fully saturated rings. The van der Waals surface area contributed by atoms with Gasteiger partial charge < -0.3 is 19.4 Å². The fourth-order valence-corrected chi connectivity index (χ4v) is 1.97. The van der Waals surface area contributed by atoms with Crippen LogP contribution in [0.25, 0.3) is 0 Å². The minimum atomic E-state index is -0.616. The minimum Gasteiger partial charge on any atom is -0.440 e. The maximum absolute atomic E-state index is 12.1. The molecule has 1 aliphatic rings. The van der Waals surface area contributed by atoms with E-state index in [1.807, 2.05) is 0 Å². The summed E-state index contributed by atoms with van der Waals surface area (Å²) in [5, 5.41) is 2.72. The summed E-state index contributed by atoms with van der Waals surface area (Å²) in [6.07, 6.45) is 0. The first-order valence-corrected chi connectivity index (χ1v) is 6.38. The zero-order chi connectivity index (χ0) is 13.8. The molecule has 1 aromatic rings. The molecule has 7 heteroatoms. The van der Waals surface area contributed by atoms with Crippen LogP contribution in [0.3, 0.4) is 0 Å². The van der Waals surface area contributed by atoms with Crippen LogP contribution in [0.2, 0.25) is 5.22 Å². The van der Waals surface area contributed by atoms with Crippen LogP contribution < -0.4 is 5.32 Å². The Morgan fingerprint density at radius 3 is 2.63 bits per heavy atom. The molecule has 2 heterocycles. The average molecular weight is 287 g/mol. The summed E-state index contributed by atoms with van der Waals surface area (Å²) in [6.45, 7) is 3.79. The van der Waals surface area contributed by atoms with Crippen molar-refractivity contribution in [2.45, 2.75) is 13.0 Å². The first-order valence-electron chi connectivity index (χ1n) is 6.00. The van der Waals surface area contributed by atoms with Crippen molar-refractivity contribution in [3.63, 3.8) is 0 Å². The van der Waals surface area contributed by atoms with E-state index < -0.39 is 11.9 Å². The van der Waals surface area contributed by atoms with Gasteiger partial charge in [0.25, 0.3) is 5.91 Å². The number of ether oxygens (including phenoxy) is 1. The number of carbonyl (C=O) groups excluding carboxylic acids is 2. The molecule has 19 heavy (non-hydrogen) atoms. The van der Waals surface area contributed by atoms with Crippen LogP contribution in [-0.2, 0) is 9.53 Å². The number of nitrogens with zero attached hydrogens (tertiary/aromatic N) is 1. The van der Waals surface area contributed by atoms with Crippen molar-refractivity contribution in [2.24, 2.45) is 0 Å². The Hall–Kier alpha value is -1.53. The van der Waals surface area contributed by atoms with Crippen molar-refractivity contribution >= 4 is 23.4 Å². The number of hydrogen-bond acceptors (Lipinski definition) is 4. The summed E-state index contributed by atoms with van der Waals surface area (Å²) in [4.78, 5) is 25.5. The maximum atomic E-state index is 12.1. The summed E-state index contributed by atoms with van der Waals surface area (Å²) >= 11 is 5.59. The predicted molar refractivity (Wildman–Crippen MR) is 68.0 cm³/mol. The van der Waals surface area contributed by atoms with Gasteiger partial charge in [-0.15, -0.1) is 0 Å². The van der Waals surface area contributed by atoms with Crippen LogP contribution in [0.1, 0.15) is 17.5 Å². The Kier molecular flexibility index (Phi) is 4.44. The van der Waals surface area contributed by atoms with Gasteiger partial charge in [-0.25, -0.2) is 0 Å². The average Bonchev–Trinajstić information content (AvgIpc) is 2.85. The van der Waals surface area contributed by atoms with Crippen molar-refractivity contribution in [3.8, 4) is 0 Å². The summed E-state index contributed by atoms with van der Waals surface area (Å²) < 4.78 is 10.2. The molecule has 1 saturated heterocycles. The van der Waals surface area contributed by atoms with E-state index in [4.69, 9.17) is 20.8 Å². The molecule has 0 radical (unpaired) electrons. The van der Waals surface area contributed by atoms with E-state index in [0.717, 1.165) is 0 Å². The number of amides is 2. The van der Waals surface area contributed by atoms with E-state index in [2.05, 4.69) is 5.32 Å². The Morgan fingerprint density at radius 1 is 1.37 bits per heavy atom. The third-order valence-electron chi connectivity index (χ3n) is 2.84. The van der Waals surface area contributed by atoms with Crippen LogP contribution >= 0.6 is 11.6 Å². The lowest BCUT2D eigenvalue weighted by Gasteiger charge is -2.29. The van der Waals surface area contributed by atoms with Gasteiger partial charge in [-0.1, -0.05) is 0 Å². The van der Waals surface area contributed by atoms with Gasteiger partial charge in [-0.3, -0.25) is 9.59 Å². The van der Waals surface area contributed by atoms with Crippen molar-refractivity contribution < 1.29 is 18.7 Å². The second kappa shape index (κ2) is 6.08. The molecule has 6 nitrogen and oxygen atoms in total. The molecule has 1 N–H and O–H groups in total. The number of carbonyl (C=O) groups is 2. The third-order valence-corrected chi connectivity index (χ3v) is 3.04. The van der Waals surface area contributed by atoms with Crippen LogP contribution in [0.4, 0.5) is 0 Å². The second-order valence-corrected chi connectivity index (χ2v) is 4.61. The van der Waals surface area contributed by atoms with Gasteiger partial charge in [-0.2, -0.15) is 0 Å². The molecule has 0 spiro atoms. The van der Waals surface area contributed by atoms with E-state index in [1.54, 1.807) is 11.8 Å². The lowest BCUT2D eigenvalue weighted by Crippen LogP contribution is -2.50. The predicted octanol–water partition coefficient (Wildman–Crippen LogP) is 0.910.